The standard InChI is InChI=1S/C34H35BN2O6/c1-21(17-22-7-5-6-10-29(22)39)11-16-30-31-23(20-38)18-27-32(28(31)19-35(42)43-30)34(41)37(33(27)40)26-14-12-25(13-15-26)36-24-8-3-2-4-9-24/h2-10,12-15,17,27-28,30,32,36,38-39,42H,11,16,18-20H2,1H3/b21-17+/t27-,28+,30-,32-/m1/s1. The first-order valence-corrected chi connectivity index (χ1v) is 14.8. The van der Waals surface area contributed by atoms with Crippen LogP contribution in [-0.4, -0.2) is 46.9 Å². The van der Waals surface area contributed by atoms with Gasteiger partial charge in [-0.1, -0.05) is 48.0 Å². The Balaban J connectivity index is 1.22. The third kappa shape index (κ3) is 5.76. The van der Waals surface area contributed by atoms with Crippen LogP contribution in [0.25, 0.3) is 6.08 Å². The average molecular weight is 578 g/mol. The summed E-state index contributed by atoms with van der Waals surface area (Å²) in [5.74, 6) is -1.98. The predicted molar refractivity (Wildman–Crippen MR) is 167 cm³/mol. The predicted octanol–water partition coefficient (Wildman–Crippen LogP) is 5.31. The first-order chi connectivity index (χ1) is 20.8. The first-order valence-electron chi connectivity index (χ1n) is 14.8. The van der Waals surface area contributed by atoms with Gasteiger partial charge in [-0.2, -0.15) is 0 Å². The minimum atomic E-state index is -1.08. The van der Waals surface area contributed by atoms with Gasteiger partial charge in [0.05, 0.1) is 30.2 Å². The number of anilines is 3. The zero-order chi connectivity index (χ0) is 30.1. The van der Waals surface area contributed by atoms with Crippen molar-refractivity contribution < 1.29 is 29.5 Å². The van der Waals surface area contributed by atoms with Crippen molar-refractivity contribution in [3.63, 3.8) is 0 Å². The Bertz CT molecular complexity index is 1570. The molecule has 4 atom stereocenters. The number of aliphatic hydroxyl groups is 1. The Morgan fingerprint density at radius 3 is 2.40 bits per heavy atom. The van der Waals surface area contributed by atoms with Crippen LogP contribution in [0.1, 0.15) is 31.7 Å². The van der Waals surface area contributed by atoms with Crippen molar-refractivity contribution in [3.8, 4) is 5.75 Å². The molecule has 2 saturated heterocycles. The van der Waals surface area contributed by atoms with E-state index < -0.39 is 31.0 Å². The Morgan fingerprint density at radius 2 is 1.67 bits per heavy atom. The summed E-state index contributed by atoms with van der Waals surface area (Å²) in [5.41, 5.74) is 5.57. The molecule has 0 bridgehead atoms. The zero-order valence-electron chi connectivity index (χ0n) is 24.0. The molecule has 0 aromatic heterocycles. The molecule has 8 nitrogen and oxygen atoms in total. The van der Waals surface area contributed by atoms with Crippen molar-refractivity contribution in [2.24, 2.45) is 17.8 Å². The van der Waals surface area contributed by atoms with Crippen molar-refractivity contribution in [2.45, 2.75) is 38.6 Å². The van der Waals surface area contributed by atoms with Crippen LogP contribution in [0.2, 0.25) is 6.32 Å². The average Bonchev–Trinajstić information content (AvgIpc) is 3.26. The van der Waals surface area contributed by atoms with Gasteiger partial charge < -0.3 is 25.2 Å². The zero-order valence-corrected chi connectivity index (χ0v) is 24.0. The van der Waals surface area contributed by atoms with Gasteiger partial charge in [-0.3, -0.25) is 14.5 Å². The Labute approximate surface area is 251 Å². The van der Waals surface area contributed by atoms with Crippen molar-refractivity contribution >= 4 is 42.1 Å². The number of phenolic OH excluding ortho intramolecular Hbond substituents is 1. The van der Waals surface area contributed by atoms with E-state index in [0.29, 0.717) is 18.5 Å². The van der Waals surface area contributed by atoms with E-state index in [9.17, 15) is 24.8 Å². The van der Waals surface area contributed by atoms with Crippen LogP contribution in [-0.2, 0) is 14.2 Å². The molecule has 220 valence electrons. The lowest BCUT2D eigenvalue weighted by atomic mass is 9.58. The van der Waals surface area contributed by atoms with Crippen LogP contribution in [0.4, 0.5) is 17.1 Å². The van der Waals surface area contributed by atoms with Gasteiger partial charge in [0, 0.05) is 16.9 Å². The molecule has 1 aliphatic carbocycles. The number of hydrogen-bond acceptors (Lipinski definition) is 7. The van der Waals surface area contributed by atoms with Crippen molar-refractivity contribution in [3.05, 3.63) is 101 Å². The maximum atomic E-state index is 13.9. The molecule has 0 spiro atoms. The molecule has 4 N–H and O–H groups in total. The van der Waals surface area contributed by atoms with Gasteiger partial charge in [-0.05, 0) is 92.0 Å². The van der Waals surface area contributed by atoms with Gasteiger partial charge in [-0.25, -0.2) is 0 Å². The molecular weight excluding hydrogens is 543 g/mol. The molecule has 3 aromatic carbocycles. The number of aliphatic hydroxyl groups excluding tert-OH is 1. The normalized spacial score (nSPS) is 23.8. The molecular formula is C34H35BN2O6. The summed E-state index contributed by atoms with van der Waals surface area (Å²) in [6.45, 7) is 1.73. The summed E-state index contributed by atoms with van der Waals surface area (Å²) in [6.07, 6.45) is 3.05. The topological polar surface area (TPSA) is 119 Å². The Kier molecular flexibility index (Phi) is 8.21. The third-order valence-electron chi connectivity index (χ3n) is 8.83. The molecule has 2 fully saturated rings. The fraction of sp³-hybridized carbons (Fsp3) is 0.294. The molecule has 9 heteroatoms. The van der Waals surface area contributed by atoms with Gasteiger partial charge in [0.1, 0.15) is 5.75 Å². The molecule has 2 amide bonds. The van der Waals surface area contributed by atoms with Crippen molar-refractivity contribution in [2.75, 3.05) is 16.8 Å². The minimum absolute atomic E-state index is 0.190. The first kappa shape index (κ1) is 28.9. The van der Waals surface area contributed by atoms with Gasteiger partial charge in [0.25, 0.3) is 0 Å². The molecule has 2 aliphatic heterocycles. The summed E-state index contributed by atoms with van der Waals surface area (Å²) in [4.78, 5) is 28.9. The van der Waals surface area contributed by atoms with Crippen molar-refractivity contribution in [1.29, 1.82) is 0 Å². The highest BCUT2D eigenvalue weighted by Gasteiger charge is 2.57. The van der Waals surface area contributed by atoms with Crippen LogP contribution in [0.5, 0.6) is 5.75 Å². The highest BCUT2D eigenvalue weighted by Crippen LogP contribution is 2.51. The smallest absolute Gasteiger partial charge is 0.455 e. The third-order valence-corrected chi connectivity index (χ3v) is 8.83. The summed E-state index contributed by atoms with van der Waals surface area (Å²) in [6, 6.07) is 24.1. The highest BCUT2D eigenvalue weighted by molar-refractivity contribution is 6.43. The molecule has 2 heterocycles. The monoisotopic (exact) mass is 578 g/mol. The number of rotatable bonds is 8. The number of imide groups is 1. The molecule has 0 unspecified atom stereocenters. The number of para-hydroxylation sites is 2. The summed E-state index contributed by atoms with van der Waals surface area (Å²) < 4.78 is 5.99. The second-order valence-electron chi connectivity index (χ2n) is 11.6. The van der Waals surface area contributed by atoms with E-state index in [2.05, 4.69) is 5.32 Å². The number of carbonyl (C=O) groups is 2. The number of allylic oxidation sites excluding steroid dienone is 1. The lowest BCUT2D eigenvalue weighted by Gasteiger charge is -2.42. The van der Waals surface area contributed by atoms with Gasteiger partial charge in [0.15, 0.2) is 0 Å². The van der Waals surface area contributed by atoms with E-state index in [4.69, 9.17) is 4.65 Å². The molecule has 0 saturated carbocycles. The SMILES string of the molecule is C/C(=C\c1ccccc1O)CC[C@H]1OB(O)C[C@H]2C1=C(CO)C[C@H]1C(=O)N(c3ccc(Nc4ccccc4)cc3)C(=O)[C@H]12. The quantitative estimate of drug-likeness (QED) is 0.162. The minimum Gasteiger partial charge on any atom is -0.507 e. The number of benzene rings is 3. The lowest BCUT2D eigenvalue weighted by Crippen LogP contribution is -2.46. The number of fused-ring (bicyclic) bond motifs is 3. The highest BCUT2D eigenvalue weighted by atomic mass is 16.5. The van der Waals surface area contributed by atoms with Gasteiger partial charge in [-0.15, -0.1) is 0 Å². The summed E-state index contributed by atoms with van der Waals surface area (Å²) in [7, 11) is -1.08. The number of carbonyl (C=O) groups excluding carboxylic acids is 2. The van der Waals surface area contributed by atoms with E-state index in [1.807, 2.05) is 67.6 Å². The summed E-state index contributed by atoms with van der Waals surface area (Å²) >= 11 is 0. The van der Waals surface area contributed by atoms with E-state index in [0.717, 1.165) is 33.7 Å². The fourth-order valence-electron chi connectivity index (χ4n) is 6.85. The number of amides is 2. The van der Waals surface area contributed by atoms with Crippen LogP contribution >= 0.6 is 0 Å². The van der Waals surface area contributed by atoms with Gasteiger partial charge >= 0.3 is 7.12 Å². The largest absolute Gasteiger partial charge is 0.507 e. The molecule has 3 aliphatic rings. The maximum Gasteiger partial charge on any atom is 0.455 e. The van der Waals surface area contributed by atoms with E-state index in [-0.39, 0.29) is 36.9 Å². The Hall–Kier alpha value is -4.18. The number of nitrogens with one attached hydrogen (secondary N) is 1. The van der Waals surface area contributed by atoms with E-state index in [1.54, 1.807) is 24.3 Å². The lowest BCUT2D eigenvalue weighted by molar-refractivity contribution is -0.122. The second kappa shape index (κ2) is 12.2. The fourth-order valence-corrected chi connectivity index (χ4v) is 6.85. The van der Waals surface area contributed by atoms with Crippen LogP contribution in [0.15, 0.2) is 95.6 Å². The summed E-state index contributed by atoms with van der Waals surface area (Å²) in [5, 5.41) is 34.6. The molecule has 3 aromatic rings. The van der Waals surface area contributed by atoms with Crippen LogP contribution < -0.4 is 10.2 Å². The van der Waals surface area contributed by atoms with Crippen molar-refractivity contribution in [1.82, 2.24) is 0 Å². The number of hydrogen-bond donors (Lipinski definition) is 4. The molecule has 0 radical (unpaired) electrons. The van der Waals surface area contributed by atoms with Gasteiger partial charge in [0.2, 0.25) is 11.8 Å². The number of phenols is 1. The van der Waals surface area contributed by atoms with Crippen LogP contribution in [0.3, 0.4) is 0 Å². The van der Waals surface area contributed by atoms with Crippen LogP contribution in [0, 0.1) is 17.8 Å². The Morgan fingerprint density at radius 1 is 0.977 bits per heavy atom. The number of aromatic hydroxyl groups is 1. The molecule has 43 heavy (non-hydrogen) atoms. The maximum absolute atomic E-state index is 13.9. The van der Waals surface area contributed by atoms with E-state index in [1.165, 1.54) is 4.90 Å². The number of nitrogens with zero attached hydrogens (tertiary/aromatic N) is 1. The second-order valence-corrected chi connectivity index (χ2v) is 11.6. The van der Waals surface area contributed by atoms with E-state index >= 15 is 0 Å². The molecule has 6 rings (SSSR count).